The quantitative estimate of drug-likeness (QED) is 0.711. The minimum absolute atomic E-state index is 0.153. The van der Waals surface area contributed by atoms with Gasteiger partial charge in [0.2, 0.25) is 6.29 Å². The predicted molar refractivity (Wildman–Crippen MR) is 48.8 cm³/mol. The Morgan fingerprint density at radius 2 is 2.07 bits per heavy atom. The Hall–Kier alpha value is -0.740. The van der Waals surface area contributed by atoms with Gasteiger partial charge in [0, 0.05) is 6.42 Å². The van der Waals surface area contributed by atoms with Crippen LogP contribution in [0.3, 0.4) is 0 Å². The van der Waals surface area contributed by atoms with Crippen molar-refractivity contribution in [3.05, 3.63) is 22.8 Å². The number of rotatable bonds is 1. The van der Waals surface area contributed by atoms with E-state index in [0.717, 1.165) is 0 Å². The van der Waals surface area contributed by atoms with E-state index in [1.807, 2.05) is 0 Å². The van der Waals surface area contributed by atoms with E-state index in [-0.39, 0.29) is 6.42 Å². The molecule has 0 fully saturated rings. The van der Waals surface area contributed by atoms with Gasteiger partial charge in [-0.05, 0) is 31.9 Å². The molecule has 0 spiro atoms. The van der Waals surface area contributed by atoms with Gasteiger partial charge in [0.25, 0.3) is 0 Å². The summed E-state index contributed by atoms with van der Waals surface area (Å²) in [5.74, 6) is -1.14. The predicted octanol–water partition coefficient (Wildman–Crippen LogP) is 2.60. The van der Waals surface area contributed by atoms with Crippen LogP contribution < -0.4 is 0 Å². The molecule has 1 rings (SSSR count). The average molecular weight is 204 g/mol. The van der Waals surface area contributed by atoms with E-state index in [2.05, 4.69) is 0 Å². The number of halogens is 2. The zero-order valence-electron chi connectivity index (χ0n) is 8.47. The van der Waals surface area contributed by atoms with Gasteiger partial charge in [0.15, 0.2) is 5.83 Å². The first-order valence-electron chi connectivity index (χ1n) is 4.45. The molecule has 0 aliphatic carbocycles. The Kier molecular flexibility index (Phi) is 3.39. The molecule has 0 aromatic carbocycles. The van der Waals surface area contributed by atoms with E-state index in [1.54, 1.807) is 13.8 Å². The molecule has 80 valence electrons. The summed E-state index contributed by atoms with van der Waals surface area (Å²) < 4.78 is 31.1. The minimum atomic E-state index is -1.63. The molecule has 0 amide bonds. The van der Waals surface area contributed by atoms with Gasteiger partial charge in [0.05, 0.1) is 0 Å². The molecular formula is C10H14F2O2. The van der Waals surface area contributed by atoms with Crippen LogP contribution in [0.15, 0.2) is 22.8 Å². The van der Waals surface area contributed by atoms with Gasteiger partial charge in [-0.15, -0.1) is 0 Å². The molecule has 0 aromatic heterocycles. The SMILES string of the molecule is CC(C)=C(F)C1CC(C)=C(F)C(O)O1. The van der Waals surface area contributed by atoms with Gasteiger partial charge in [-0.25, -0.2) is 8.78 Å². The van der Waals surface area contributed by atoms with Gasteiger partial charge in [-0.1, -0.05) is 0 Å². The van der Waals surface area contributed by atoms with Crippen molar-refractivity contribution in [1.29, 1.82) is 0 Å². The minimum Gasteiger partial charge on any atom is -0.362 e. The van der Waals surface area contributed by atoms with Crippen molar-refractivity contribution in [2.24, 2.45) is 0 Å². The second-order valence-electron chi connectivity index (χ2n) is 3.66. The maximum Gasteiger partial charge on any atom is 0.208 e. The second-order valence-corrected chi connectivity index (χ2v) is 3.66. The first-order valence-corrected chi connectivity index (χ1v) is 4.45. The first kappa shape index (κ1) is 11.3. The molecule has 1 aliphatic rings. The number of aliphatic hydroxyl groups excluding tert-OH is 1. The third-order valence-corrected chi connectivity index (χ3v) is 2.17. The lowest BCUT2D eigenvalue weighted by Crippen LogP contribution is -2.29. The summed E-state index contributed by atoms with van der Waals surface area (Å²) in [7, 11) is 0. The van der Waals surface area contributed by atoms with Crippen molar-refractivity contribution in [3.63, 3.8) is 0 Å². The largest absolute Gasteiger partial charge is 0.362 e. The van der Waals surface area contributed by atoms with Crippen molar-refractivity contribution < 1.29 is 18.6 Å². The summed E-state index contributed by atoms with van der Waals surface area (Å²) in [5, 5.41) is 9.10. The van der Waals surface area contributed by atoms with Crippen LogP contribution in [0.1, 0.15) is 27.2 Å². The third-order valence-electron chi connectivity index (χ3n) is 2.17. The smallest absolute Gasteiger partial charge is 0.208 e. The van der Waals surface area contributed by atoms with Crippen LogP contribution in [0.4, 0.5) is 8.78 Å². The number of ether oxygens (including phenoxy) is 1. The van der Waals surface area contributed by atoms with E-state index in [4.69, 9.17) is 9.84 Å². The van der Waals surface area contributed by atoms with Crippen LogP contribution >= 0.6 is 0 Å². The number of hydrogen-bond donors (Lipinski definition) is 1. The number of allylic oxidation sites excluding steroid dienone is 1. The molecule has 0 saturated carbocycles. The highest BCUT2D eigenvalue weighted by Gasteiger charge is 2.29. The Labute approximate surface area is 81.9 Å². The Balaban J connectivity index is 2.86. The number of hydrogen-bond acceptors (Lipinski definition) is 2. The Morgan fingerprint density at radius 3 is 2.50 bits per heavy atom. The van der Waals surface area contributed by atoms with Crippen molar-refractivity contribution >= 4 is 0 Å². The lowest BCUT2D eigenvalue weighted by Gasteiger charge is -2.26. The molecule has 1 aliphatic heterocycles. The average Bonchev–Trinajstić information content (AvgIpc) is 2.12. The van der Waals surface area contributed by atoms with Crippen molar-refractivity contribution in [2.45, 2.75) is 39.6 Å². The molecule has 0 aromatic rings. The van der Waals surface area contributed by atoms with E-state index in [0.29, 0.717) is 11.1 Å². The molecule has 14 heavy (non-hydrogen) atoms. The summed E-state index contributed by atoms with van der Waals surface area (Å²) in [6, 6.07) is 0. The molecule has 0 saturated heterocycles. The van der Waals surface area contributed by atoms with Crippen LogP contribution in [-0.4, -0.2) is 17.5 Å². The van der Waals surface area contributed by atoms with Crippen LogP contribution in [0.25, 0.3) is 0 Å². The van der Waals surface area contributed by atoms with Crippen LogP contribution in [-0.2, 0) is 4.74 Å². The summed E-state index contributed by atoms with van der Waals surface area (Å²) in [6.45, 7) is 4.73. The van der Waals surface area contributed by atoms with Crippen molar-refractivity contribution in [3.8, 4) is 0 Å². The highest BCUT2D eigenvalue weighted by atomic mass is 19.1. The molecule has 2 unspecified atom stereocenters. The zero-order chi connectivity index (χ0) is 10.9. The standard InChI is InChI=1S/C10H14F2O2/c1-5(2)8(11)7-4-6(3)9(12)10(13)14-7/h7,10,13H,4H2,1-3H3. The van der Waals surface area contributed by atoms with Gasteiger partial charge < -0.3 is 9.84 Å². The lowest BCUT2D eigenvalue weighted by molar-refractivity contribution is -0.126. The van der Waals surface area contributed by atoms with Gasteiger partial charge in [-0.2, -0.15) is 0 Å². The molecule has 1 N–H and O–H groups in total. The molecular weight excluding hydrogens is 190 g/mol. The fourth-order valence-electron chi connectivity index (χ4n) is 1.32. The topological polar surface area (TPSA) is 29.5 Å². The number of aliphatic hydroxyl groups is 1. The molecule has 2 nitrogen and oxygen atoms in total. The highest BCUT2D eigenvalue weighted by Crippen LogP contribution is 2.30. The molecule has 2 atom stereocenters. The Morgan fingerprint density at radius 1 is 1.50 bits per heavy atom. The van der Waals surface area contributed by atoms with Gasteiger partial charge >= 0.3 is 0 Å². The fourth-order valence-corrected chi connectivity index (χ4v) is 1.32. The fraction of sp³-hybridized carbons (Fsp3) is 0.600. The molecule has 1 heterocycles. The van der Waals surface area contributed by atoms with E-state index < -0.39 is 24.0 Å². The molecule has 4 heteroatoms. The summed E-state index contributed by atoms with van der Waals surface area (Å²) in [4.78, 5) is 0. The second kappa shape index (κ2) is 4.19. The lowest BCUT2D eigenvalue weighted by atomic mass is 10.0. The third kappa shape index (κ3) is 2.19. The van der Waals surface area contributed by atoms with Crippen molar-refractivity contribution in [1.82, 2.24) is 0 Å². The van der Waals surface area contributed by atoms with Crippen molar-refractivity contribution in [2.75, 3.05) is 0 Å². The molecule has 0 radical (unpaired) electrons. The monoisotopic (exact) mass is 204 g/mol. The van der Waals surface area contributed by atoms with Gasteiger partial charge in [-0.3, -0.25) is 0 Å². The van der Waals surface area contributed by atoms with E-state index in [9.17, 15) is 8.78 Å². The van der Waals surface area contributed by atoms with Crippen LogP contribution in [0, 0.1) is 0 Å². The maximum absolute atomic E-state index is 13.4. The maximum atomic E-state index is 13.4. The first-order chi connectivity index (χ1) is 6.43. The normalized spacial score (nSPS) is 27.9. The van der Waals surface area contributed by atoms with E-state index in [1.165, 1.54) is 6.92 Å². The molecule has 0 bridgehead atoms. The summed E-state index contributed by atoms with van der Waals surface area (Å²) in [6.07, 6.45) is -2.33. The highest BCUT2D eigenvalue weighted by molar-refractivity contribution is 5.18. The zero-order valence-corrected chi connectivity index (χ0v) is 8.47. The Bertz CT molecular complexity index is 290. The summed E-state index contributed by atoms with van der Waals surface area (Å²) in [5.41, 5.74) is 0.822. The van der Waals surface area contributed by atoms with Crippen LogP contribution in [0.5, 0.6) is 0 Å². The van der Waals surface area contributed by atoms with Gasteiger partial charge in [0.1, 0.15) is 11.9 Å². The summed E-state index contributed by atoms with van der Waals surface area (Å²) >= 11 is 0. The van der Waals surface area contributed by atoms with E-state index >= 15 is 0 Å². The van der Waals surface area contributed by atoms with Crippen LogP contribution in [0.2, 0.25) is 0 Å².